The van der Waals surface area contributed by atoms with Crippen molar-refractivity contribution < 1.29 is 19.1 Å². The fourth-order valence-electron chi connectivity index (χ4n) is 4.07. The zero-order valence-corrected chi connectivity index (χ0v) is 20.9. The maximum Gasteiger partial charge on any atom is 0.337 e. The lowest BCUT2D eigenvalue weighted by Crippen LogP contribution is -2.19. The minimum atomic E-state index is -1.01. The molecule has 0 amide bonds. The molecular weight excluding hydrogens is 456 g/mol. The van der Waals surface area contributed by atoms with Crippen LogP contribution in [0.25, 0.3) is 22.3 Å². The highest BCUT2D eigenvalue weighted by Crippen LogP contribution is 2.31. The SMILES string of the molecule is Cc1cc(C(C)Nc2ccccc2C(=O)O)c2oc(-c3ccc(OCCN(C)C)cc3)cc(=O)c2c1. The number of nitrogens with one attached hydrogen (secondary N) is 1. The smallest absolute Gasteiger partial charge is 0.337 e. The molecular formula is C29H30N2O5. The Morgan fingerprint density at radius 2 is 1.81 bits per heavy atom. The molecule has 7 nitrogen and oxygen atoms in total. The van der Waals surface area contributed by atoms with E-state index in [2.05, 4.69) is 5.32 Å². The standard InChI is InChI=1S/C29H30N2O5/c1-18-15-23(19(2)30-25-8-6-5-7-22(25)29(33)34)28-24(16-18)26(32)17-27(36-28)20-9-11-21(12-10-20)35-14-13-31(3)4/h5-12,15-17,19,30H,13-14H2,1-4H3,(H,33,34). The van der Waals surface area contributed by atoms with E-state index in [1.165, 1.54) is 6.07 Å². The molecule has 0 bridgehead atoms. The molecule has 0 aliphatic rings. The quantitative estimate of drug-likeness (QED) is 0.319. The lowest BCUT2D eigenvalue weighted by Gasteiger charge is -2.19. The van der Waals surface area contributed by atoms with Crippen molar-refractivity contribution >= 4 is 22.6 Å². The zero-order chi connectivity index (χ0) is 25.8. The van der Waals surface area contributed by atoms with Gasteiger partial charge in [0.15, 0.2) is 5.43 Å². The third-order valence-electron chi connectivity index (χ3n) is 5.94. The van der Waals surface area contributed by atoms with E-state index in [0.29, 0.717) is 29.0 Å². The number of nitrogens with zero attached hydrogens (tertiary/aromatic N) is 1. The van der Waals surface area contributed by atoms with Crippen LogP contribution in [0.2, 0.25) is 0 Å². The predicted molar refractivity (Wildman–Crippen MR) is 142 cm³/mol. The van der Waals surface area contributed by atoms with E-state index in [1.54, 1.807) is 24.3 Å². The summed E-state index contributed by atoms with van der Waals surface area (Å²) >= 11 is 0. The second-order valence-corrected chi connectivity index (χ2v) is 9.10. The molecule has 0 aliphatic carbocycles. The number of para-hydroxylation sites is 1. The normalized spacial score (nSPS) is 12.0. The van der Waals surface area contributed by atoms with E-state index in [1.807, 2.05) is 69.2 Å². The summed E-state index contributed by atoms with van der Waals surface area (Å²) < 4.78 is 12.1. The molecule has 0 saturated carbocycles. The topological polar surface area (TPSA) is 92.0 Å². The molecule has 4 rings (SSSR count). The number of benzene rings is 3. The van der Waals surface area contributed by atoms with Crippen LogP contribution in [0.5, 0.6) is 5.75 Å². The Kier molecular flexibility index (Phi) is 7.41. The summed E-state index contributed by atoms with van der Waals surface area (Å²) in [5.74, 6) is 0.188. The number of likely N-dealkylation sites (N-methyl/N-ethyl adjacent to an activating group) is 1. The Bertz CT molecular complexity index is 1440. The fraction of sp³-hybridized carbons (Fsp3) is 0.241. The summed E-state index contributed by atoms with van der Waals surface area (Å²) in [5.41, 5.74) is 3.46. The van der Waals surface area contributed by atoms with Crippen molar-refractivity contribution in [1.29, 1.82) is 0 Å². The van der Waals surface area contributed by atoms with Crippen molar-refractivity contribution in [3.8, 4) is 17.1 Å². The zero-order valence-electron chi connectivity index (χ0n) is 20.9. The summed E-state index contributed by atoms with van der Waals surface area (Å²) in [7, 11) is 3.98. The number of hydrogen-bond acceptors (Lipinski definition) is 6. The third kappa shape index (κ3) is 5.58. The van der Waals surface area contributed by atoms with Crippen molar-refractivity contribution in [3.05, 3.63) is 93.6 Å². The van der Waals surface area contributed by atoms with Crippen LogP contribution in [-0.2, 0) is 0 Å². The first kappa shape index (κ1) is 25.0. The van der Waals surface area contributed by atoms with Crippen LogP contribution in [0.1, 0.15) is 34.5 Å². The van der Waals surface area contributed by atoms with Crippen molar-refractivity contribution in [2.75, 3.05) is 32.6 Å². The lowest BCUT2D eigenvalue weighted by molar-refractivity contribution is 0.0698. The number of carboxylic acid groups (broad SMARTS) is 1. The number of aryl methyl sites for hydroxylation is 1. The van der Waals surface area contributed by atoms with Gasteiger partial charge in [0, 0.05) is 29.4 Å². The van der Waals surface area contributed by atoms with E-state index < -0.39 is 5.97 Å². The monoisotopic (exact) mass is 486 g/mol. The van der Waals surface area contributed by atoms with Crippen LogP contribution in [0.3, 0.4) is 0 Å². The number of hydrogen-bond donors (Lipinski definition) is 2. The van der Waals surface area contributed by atoms with Gasteiger partial charge in [0.05, 0.1) is 17.0 Å². The third-order valence-corrected chi connectivity index (χ3v) is 5.94. The van der Waals surface area contributed by atoms with E-state index >= 15 is 0 Å². The molecule has 1 heterocycles. The van der Waals surface area contributed by atoms with E-state index in [9.17, 15) is 14.7 Å². The van der Waals surface area contributed by atoms with Crippen LogP contribution in [0.4, 0.5) is 5.69 Å². The van der Waals surface area contributed by atoms with Gasteiger partial charge < -0.3 is 24.5 Å². The van der Waals surface area contributed by atoms with Gasteiger partial charge in [-0.2, -0.15) is 0 Å². The summed E-state index contributed by atoms with van der Waals surface area (Å²) in [5, 5.41) is 13.3. The average molecular weight is 487 g/mol. The highest BCUT2D eigenvalue weighted by atomic mass is 16.5. The highest BCUT2D eigenvalue weighted by Gasteiger charge is 2.18. The van der Waals surface area contributed by atoms with Gasteiger partial charge in [0.25, 0.3) is 0 Å². The summed E-state index contributed by atoms with van der Waals surface area (Å²) in [6, 6.07) is 19.2. The Morgan fingerprint density at radius 3 is 2.50 bits per heavy atom. The highest BCUT2D eigenvalue weighted by molar-refractivity contribution is 5.94. The maximum absolute atomic E-state index is 13.1. The van der Waals surface area contributed by atoms with Crippen molar-refractivity contribution in [1.82, 2.24) is 4.90 Å². The van der Waals surface area contributed by atoms with Crippen LogP contribution in [0.15, 0.2) is 75.9 Å². The summed E-state index contributed by atoms with van der Waals surface area (Å²) in [6.45, 7) is 5.23. The van der Waals surface area contributed by atoms with Crippen molar-refractivity contribution in [2.24, 2.45) is 0 Å². The number of anilines is 1. The molecule has 2 N–H and O–H groups in total. The van der Waals surface area contributed by atoms with Gasteiger partial charge in [-0.1, -0.05) is 18.2 Å². The van der Waals surface area contributed by atoms with Gasteiger partial charge in [0.2, 0.25) is 0 Å². The van der Waals surface area contributed by atoms with Gasteiger partial charge >= 0.3 is 5.97 Å². The number of carboxylic acids is 1. The fourth-order valence-corrected chi connectivity index (χ4v) is 4.07. The molecule has 1 aromatic heterocycles. The lowest BCUT2D eigenvalue weighted by atomic mass is 10.00. The minimum Gasteiger partial charge on any atom is -0.492 e. The Labute approximate surface area is 209 Å². The molecule has 36 heavy (non-hydrogen) atoms. The Balaban J connectivity index is 1.70. The molecule has 0 aliphatic heterocycles. The van der Waals surface area contributed by atoms with Crippen molar-refractivity contribution in [2.45, 2.75) is 19.9 Å². The Hall–Kier alpha value is -4.10. The van der Waals surface area contributed by atoms with E-state index in [0.717, 1.165) is 29.0 Å². The number of rotatable bonds is 9. The summed E-state index contributed by atoms with van der Waals surface area (Å²) in [6.07, 6.45) is 0. The molecule has 1 atom stereocenters. The van der Waals surface area contributed by atoms with Gasteiger partial charge in [0.1, 0.15) is 23.7 Å². The average Bonchev–Trinajstić information content (AvgIpc) is 2.84. The van der Waals surface area contributed by atoms with Crippen LogP contribution in [0, 0.1) is 6.92 Å². The molecule has 4 aromatic rings. The van der Waals surface area contributed by atoms with Crippen LogP contribution < -0.4 is 15.5 Å². The van der Waals surface area contributed by atoms with E-state index in [-0.39, 0.29) is 17.0 Å². The Morgan fingerprint density at radius 1 is 1.08 bits per heavy atom. The first-order valence-electron chi connectivity index (χ1n) is 11.8. The minimum absolute atomic E-state index is 0.138. The molecule has 0 saturated heterocycles. The molecule has 1 unspecified atom stereocenters. The van der Waals surface area contributed by atoms with Gasteiger partial charge in [-0.15, -0.1) is 0 Å². The summed E-state index contributed by atoms with van der Waals surface area (Å²) in [4.78, 5) is 26.8. The van der Waals surface area contributed by atoms with Crippen molar-refractivity contribution in [3.63, 3.8) is 0 Å². The largest absolute Gasteiger partial charge is 0.492 e. The van der Waals surface area contributed by atoms with Gasteiger partial charge in [-0.05, 0) is 76.0 Å². The number of fused-ring (bicyclic) bond motifs is 1. The number of ether oxygens (including phenoxy) is 1. The molecule has 0 fully saturated rings. The van der Waals surface area contributed by atoms with Crippen LogP contribution in [-0.4, -0.2) is 43.2 Å². The maximum atomic E-state index is 13.1. The van der Waals surface area contributed by atoms with Gasteiger partial charge in [-0.25, -0.2) is 4.79 Å². The molecule has 7 heteroatoms. The predicted octanol–water partition coefficient (Wildman–Crippen LogP) is 5.58. The van der Waals surface area contributed by atoms with Gasteiger partial charge in [-0.3, -0.25) is 4.79 Å². The van der Waals surface area contributed by atoms with Crippen LogP contribution >= 0.6 is 0 Å². The first-order valence-corrected chi connectivity index (χ1v) is 11.8. The number of aromatic carboxylic acids is 1. The second kappa shape index (κ2) is 10.7. The van der Waals surface area contributed by atoms with E-state index in [4.69, 9.17) is 9.15 Å². The number of carbonyl (C=O) groups is 1. The first-order chi connectivity index (χ1) is 17.2. The molecule has 0 radical (unpaired) electrons. The molecule has 3 aromatic carbocycles. The molecule has 186 valence electrons. The molecule has 0 spiro atoms. The second-order valence-electron chi connectivity index (χ2n) is 9.10.